The summed E-state index contributed by atoms with van der Waals surface area (Å²) in [5.41, 5.74) is 8.61. The first-order chi connectivity index (χ1) is 6.66. The molecule has 2 heterocycles. The third-order valence-corrected chi connectivity index (χ3v) is 2.04. The maximum Gasteiger partial charge on any atom is 0.132 e. The van der Waals surface area contributed by atoms with Gasteiger partial charge in [-0.2, -0.15) is 5.10 Å². The Balaban J connectivity index is 2.55. The number of pyridine rings is 1. The van der Waals surface area contributed by atoms with Crippen LogP contribution in [-0.4, -0.2) is 14.8 Å². The van der Waals surface area contributed by atoms with Gasteiger partial charge in [0.1, 0.15) is 5.82 Å². The van der Waals surface area contributed by atoms with Gasteiger partial charge in [-0.1, -0.05) is 0 Å². The fourth-order valence-corrected chi connectivity index (χ4v) is 1.34. The largest absolute Gasteiger partial charge is 0.383 e. The summed E-state index contributed by atoms with van der Waals surface area (Å²) in [5, 5.41) is 4.28. The SMILES string of the molecule is Cc1cnc(N)c(-c2ccn(C)n2)c1. The van der Waals surface area contributed by atoms with Crippen molar-refractivity contribution in [3.63, 3.8) is 0 Å². The summed E-state index contributed by atoms with van der Waals surface area (Å²) >= 11 is 0. The summed E-state index contributed by atoms with van der Waals surface area (Å²) < 4.78 is 1.75. The van der Waals surface area contributed by atoms with Gasteiger partial charge in [0.05, 0.1) is 5.69 Å². The molecule has 0 spiro atoms. The smallest absolute Gasteiger partial charge is 0.132 e. The molecule has 0 aliphatic carbocycles. The number of hydrogen-bond donors (Lipinski definition) is 1. The molecule has 0 saturated carbocycles. The van der Waals surface area contributed by atoms with Gasteiger partial charge in [-0.05, 0) is 24.6 Å². The predicted molar refractivity (Wildman–Crippen MR) is 55.6 cm³/mol. The zero-order valence-electron chi connectivity index (χ0n) is 8.23. The van der Waals surface area contributed by atoms with Gasteiger partial charge in [0, 0.05) is 25.0 Å². The van der Waals surface area contributed by atoms with E-state index in [0.29, 0.717) is 5.82 Å². The maximum atomic E-state index is 5.77. The molecule has 4 heteroatoms. The lowest BCUT2D eigenvalue weighted by molar-refractivity contribution is 0.771. The Morgan fingerprint density at radius 2 is 2.21 bits per heavy atom. The third kappa shape index (κ3) is 1.46. The van der Waals surface area contributed by atoms with Crippen LogP contribution in [-0.2, 0) is 7.05 Å². The Morgan fingerprint density at radius 3 is 2.86 bits per heavy atom. The van der Waals surface area contributed by atoms with Gasteiger partial charge >= 0.3 is 0 Å². The minimum absolute atomic E-state index is 0.523. The van der Waals surface area contributed by atoms with E-state index in [1.165, 1.54) is 0 Å². The molecule has 0 aliphatic rings. The number of aromatic nitrogens is 3. The molecule has 0 aliphatic heterocycles. The summed E-state index contributed by atoms with van der Waals surface area (Å²) in [6.07, 6.45) is 3.64. The Morgan fingerprint density at radius 1 is 1.43 bits per heavy atom. The lowest BCUT2D eigenvalue weighted by atomic mass is 10.1. The number of aryl methyl sites for hydroxylation is 2. The van der Waals surface area contributed by atoms with Crippen molar-refractivity contribution in [2.45, 2.75) is 6.92 Å². The van der Waals surface area contributed by atoms with Crippen LogP contribution in [0.25, 0.3) is 11.3 Å². The van der Waals surface area contributed by atoms with Crippen molar-refractivity contribution in [2.24, 2.45) is 7.05 Å². The molecule has 0 bridgehead atoms. The van der Waals surface area contributed by atoms with Gasteiger partial charge in [0.2, 0.25) is 0 Å². The molecule has 2 N–H and O–H groups in total. The monoisotopic (exact) mass is 188 g/mol. The Kier molecular flexibility index (Phi) is 1.96. The quantitative estimate of drug-likeness (QED) is 0.735. The summed E-state index contributed by atoms with van der Waals surface area (Å²) in [5.74, 6) is 0.523. The third-order valence-electron chi connectivity index (χ3n) is 2.04. The van der Waals surface area contributed by atoms with E-state index in [2.05, 4.69) is 10.1 Å². The zero-order valence-corrected chi connectivity index (χ0v) is 8.23. The molecular formula is C10H12N4. The Hall–Kier alpha value is -1.84. The van der Waals surface area contributed by atoms with Crippen LogP contribution in [0.1, 0.15) is 5.56 Å². The van der Waals surface area contributed by atoms with Crippen molar-refractivity contribution in [2.75, 3.05) is 5.73 Å². The first kappa shape index (κ1) is 8.74. The number of anilines is 1. The van der Waals surface area contributed by atoms with E-state index in [-0.39, 0.29) is 0 Å². The second-order valence-corrected chi connectivity index (χ2v) is 3.32. The second-order valence-electron chi connectivity index (χ2n) is 3.32. The molecule has 14 heavy (non-hydrogen) atoms. The molecule has 72 valence electrons. The Bertz CT molecular complexity index is 459. The molecule has 0 amide bonds. The molecule has 0 saturated heterocycles. The van der Waals surface area contributed by atoms with Crippen LogP contribution in [0.4, 0.5) is 5.82 Å². The van der Waals surface area contributed by atoms with Crippen molar-refractivity contribution in [1.29, 1.82) is 0 Å². The molecule has 0 atom stereocenters. The highest BCUT2D eigenvalue weighted by Gasteiger charge is 2.06. The average molecular weight is 188 g/mol. The fourth-order valence-electron chi connectivity index (χ4n) is 1.34. The highest BCUT2D eigenvalue weighted by molar-refractivity contribution is 5.70. The molecule has 0 fully saturated rings. The minimum atomic E-state index is 0.523. The lowest BCUT2D eigenvalue weighted by Crippen LogP contribution is -1.96. The van der Waals surface area contributed by atoms with Crippen molar-refractivity contribution < 1.29 is 0 Å². The van der Waals surface area contributed by atoms with Gasteiger partial charge in [-0.3, -0.25) is 4.68 Å². The molecule has 4 nitrogen and oxygen atoms in total. The fraction of sp³-hybridized carbons (Fsp3) is 0.200. The van der Waals surface area contributed by atoms with Gasteiger partial charge in [-0.25, -0.2) is 4.98 Å². The summed E-state index contributed by atoms with van der Waals surface area (Å²) in [6.45, 7) is 1.98. The molecule has 0 aromatic carbocycles. The molecule has 2 aromatic heterocycles. The second kappa shape index (κ2) is 3.14. The standard InChI is InChI=1S/C10H12N4/c1-7-5-8(10(11)12-6-7)9-3-4-14(2)13-9/h3-6H,1-2H3,(H2,11,12). The van der Waals surface area contributed by atoms with Crippen LogP contribution in [0.15, 0.2) is 24.5 Å². The molecule has 0 radical (unpaired) electrons. The summed E-state index contributed by atoms with van der Waals surface area (Å²) in [7, 11) is 1.88. The molecule has 2 rings (SSSR count). The minimum Gasteiger partial charge on any atom is -0.383 e. The van der Waals surface area contributed by atoms with E-state index in [4.69, 9.17) is 5.73 Å². The number of hydrogen-bond acceptors (Lipinski definition) is 3. The van der Waals surface area contributed by atoms with Gasteiger partial charge < -0.3 is 5.73 Å². The van der Waals surface area contributed by atoms with E-state index in [1.54, 1.807) is 10.9 Å². The van der Waals surface area contributed by atoms with E-state index in [1.807, 2.05) is 32.3 Å². The predicted octanol–water partition coefficient (Wildman–Crippen LogP) is 1.37. The van der Waals surface area contributed by atoms with Crippen LogP contribution in [0.5, 0.6) is 0 Å². The number of nitrogen functional groups attached to an aromatic ring is 1. The molecule has 2 aromatic rings. The molecule has 0 unspecified atom stereocenters. The van der Waals surface area contributed by atoms with Crippen molar-refractivity contribution in [3.8, 4) is 11.3 Å². The normalized spacial score (nSPS) is 10.4. The van der Waals surface area contributed by atoms with Crippen molar-refractivity contribution in [3.05, 3.63) is 30.1 Å². The first-order valence-electron chi connectivity index (χ1n) is 4.39. The Labute approximate surface area is 82.4 Å². The van der Waals surface area contributed by atoms with Gasteiger partial charge in [0.25, 0.3) is 0 Å². The van der Waals surface area contributed by atoms with Crippen LogP contribution in [0.2, 0.25) is 0 Å². The summed E-state index contributed by atoms with van der Waals surface area (Å²) in [6, 6.07) is 3.91. The highest BCUT2D eigenvalue weighted by Crippen LogP contribution is 2.22. The van der Waals surface area contributed by atoms with E-state index in [0.717, 1.165) is 16.8 Å². The van der Waals surface area contributed by atoms with E-state index >= 15 is 0 Å². The summed E-state index contributed by atoms with van der Waals surface area (Å²) in [4.78, 5) is 4.09. The van der Waals surface area contributed by atoms with Crippen LogP contribution < -0.4 is 5.73 Å². The number of nitrogens with zero attached hydrogens (tertiary/aromatic N) is 3. The van der Waals surface area contributed by atoms with Crippen LogP contribution in [0, 0.1) is 6.92 Å². The van der Waals surface area contributed by atoms with E-state index in [9.17, 15) is 0 Å². The van der Waals surface area contributed by atoms with Crippen molar-refractivity contribution in [1.82, 2.24) is 14.8 Å². The van der Waals surface area contributed by atoms with Crippen LogP contribution >= 0.6 is 0 Å². The maximum absolute atomic E-state index is 5.77. The molecular weight excluding hydrogens is 176 g/mol. The zero-order chi connectivity index (χ0) is 10.1. The van der Waals surface area contributed by atoms with Gasteiger partial charge in [0.15, 0.2) is 0 Å². The van der Waals surface area contributed by atoms with Crippen LogP contribution in [0.3, 0.4) is 0 Å². The lowest BCUT2D eigenvalue weighted by Gasteiger charge is -2.02. The number of nitrogens with two attached hydrogens (primary N) is 1. The first-order valence-corrected chi connectivity index (χ1v) is 4.39. The van der Waals surface area contributed by atoms with Crippen molar-refractivity contribution >= 4 is 5.82 Å². The van der Waals surface area contributed by atoms with Gasteiger partial charge in [-0.15, -0.1) is 0 Å². The highest BCUT2D eigenvalue weighted by atomic mass is 15.2. The topological polar surface area (TPSA) is 56.7 Å². The van der Waals surface area contributed by atoms with E-state index < -0.39 is 0 Å². The number of rotatable bonds is 1. The average Bonchev–Trinajstić information content (AvgIpc) is 2.56.